The number of halogens is 1. The molecule has 1 heterocycles. The number of nitrogens with zero attached hydrogens (tertiary/aromatic N) is 1. The average molecular weight is 292 g/mol. The van der Waals surface area contributed by atoms with Crippen molar-refractivity contribution in [2.45, 2.75) is 31.7 Å². The van der Waals surface area contributed by atoms with Crippen molar-refractivity contribution in [2.75, 3.05) is 31.5 Å². The van der Waals surface area contributed by atoms with Gasteiger partial charge in [0.25, 0.3) is 0 Å². The maximum absolute atomic E-state index is 12.8. The second-order valence-corrected chi connectivity index (χ2v) is 6.06. The van der Waals surface area contributed by atoms with Gasteiger partial charge < -0.3 is 15.1 Å². The van der Waals surface area contributed by atoms with Crippen molar-refractivity contribution in [1.29, 1.82) is 0 Å². The monoisotopic (exact) mass is 292 g/mol. The van der Waals surface area contributed by atoms with Crippen LogP contribution in [0.2, 0.25) is 0 Å². The number of rotatable bonds is 2. The Balaban J connectivity index is 1.49. The van der Waals surface area contributed by atoms with Gasteiger partial charge in [-0.2, -0.15) is 0 Å². The number of anilines is 1. The lowest BCUT2D eigenvalue weighted by Crippen LogP contribution is -3.18. The van der Waals surface area contributed by atoms with Crippen molar-refractivity contribution in [3.8, 4) is 0 Å². The molecule has 1 aromatic rings. The predicted octanol–water partition coefficient (Wildman–Crippen LogP) is 1.50. The molecule has 1 aliphatic heterocycles. The van der Waals surface area contributed by atoms with Crippen LogP contribution in [0, 0.1) is 5.82 Å². The molecule has 0 unspecified atom stereocenters. The molecule has 5 heteroatoms. The summed E-state index contributed by atoms with van der Waals surface area (Å²) in [4.78, 5) is 15.7. The second kappa shape index (κ2) is 6.43. The lowest BCUT2D eigenvalue weighted by molar-refractivity contribution is -0.928. The maximum Gasteiger partial charge on any atom is 0.322 e. The van der Waals surface area contributed by atoms with E-state index >= 15 is 0 Å². The fourth-order valence-corrected chi connectivity index (χ4v) is 3.48. The first-order valence-corrected chi connectivity index (χ1v) is 7.88. The number of urea groups is 1. The molecule has 3 rings (SSSR count). The Morgan fingerprint density at radius 3 is 2.38 bits per heavy atom. The van der Waals surface area contributed by atoms with Gasteiger partial charge in [0.05, 0.1) is 32.2 Å². The highest BCUT2D eigenvalue weighted by molar-refractivity contribution is 5.89. The Hall–Kier alpha value is -1.62. The third-order valence-electron chi connectivity index (χ3n) is 4.72. The number of carbonyl (C=O) groups excluding carboxylic acids is 1. The van der Waals surface area contributed by atoms with E-state index in [0.29, 0.717) is 5.69 Å². The van der Waals surface area contributed by atoms with Gasteiger partial charge in [0.15, 0.2) is 0 Å². The number of benzene rings is 1. The van der Waals surface area contributed by atoms with Crippen LogP contribution in [0.15, 0.2) is 24.3 Å². The second-order valence-electron chi connectivity index (χ2n) is 6.06. The summed E-state index contributed by atoms with van der Waals surface area (Å²) in [6.07, 6.45) is 5.42. The Morgan fingerprint density at radius 2 is 1.76 bits per heavy atom. The van der Waals surface area contributed by atoms with Crippen LogP contribution in [0.5, 0.6) is 0 Å². The third-order valence-corrected chi connectivity index (χ3v) is 4.72. The fraction of sp³-hybridized carbons (Fsp3) is 0.562. The van der Waals surface area contributed by atoms with Crippen molar-refractivity contribution < 1.29 is 14.1 Å². The summed E-state index contributed by atoms with van der Waals surface area (Å²) in [6.45, 7) is 3.70. The van der Waals surface area contributed by atoms with E-state index in [1.165, 1.54) is 37.8 Å². The Morgan fingerprint density at radius 1 is 1.14 bits per heavy atom. The summed E-state index contributed by atoms with van der Waals surface area (Å²) in [6, 6.07) is 6.63. The van der Waals surface area contributed by atoms with Crippen LogP contribution >= 0.6 is 0 Å². The first kappa shape index (κ1) is 14.3. The summed E-state index contributed by atoms with van der Waals surface area (Å²) in [5, 5.41) is 2.83. The van der Waals surface area contributed by atoms with Crippen LogP contribution in [0.4, 0.5) is 14.9 Å². The summed E-state index contributed by atoms with van der Waals surface area (Å²) in [5.41, 5.74) is 0.645. The first-order chi connectivity index (χ1) is 10.2. The van der Waals surface area contributed by atoms with Gasteiger partial charge in [-0.1, -0.05) is 0 Å². The molecule has 1 saturated carbocycles. The molecule has 2 fully saturated rings. The summed E-state index contributed by atoms with van der Waals surface area (Å²) in [5.74, 6) is -0.290. The van der Waals surface area contributed by atoms with E-state index in [9.17, 15) is 9.18 Å². The number of hydrogen-bond acceptors (Lipinski definition) is 1. The molecule has 4 nitrogen and oxygen atoms in total. The topological polar surface area (TPSA) is 36.8 Å². The standard InChI is InChI=1S/C16H22FN3O/c17-13-5-7-14(8-6-13)18-16(21)20-11-9-19(10-12-20)15-3-1-2-4-15/h5-8,15H,1-4,9-12H2,(H,18,21)/p+1. The van der Waals surface area contributed by atoms with Crippen molar-refractivity contribution in [2.24, 2.45) is 0 Å². The highest BCUT2D eigenvalue weighted by atomic mass is 19.1. The van der Waals surface area contributed by atoms with Crippen molar-refractivity contribution in [1.82, 2.24) is 4.90 Å². The minimum absolute atomic E-state index is 0.0768. The van der Waals surface area contributed by atoms with E-state index in [-0.39, 0.29) is 11.8 Å². The maximum atomic E-state index is 12.8. The molecule has 2 amide bonds. The normalized spacial score (nSPS) is 20.7. The minimum atomic E-state index is -0.290. The van der Waals surface area contributed by atoms with E-state index < -0.39 is 0 Å². The first-order valence-electron chi connectivity index (χ1n) is 7.88. The minimum Gasteiger partial charge on any atom is -0.330 e. The zero-order valence-electron chi connectivity index (χ0n) is 12.3. The van der Waals surface area contributed by atoms with Gasteiger partial charge in [-0.3, -0.25) is 0 Å². The number of amides is 2. The zero-order valence-corrected chi connectivity index (χ0v) is 12.3. The molecular formula is C16H23FN3O+. The van der Waals surface area contributed by atoms with Gasteiger partial charge in [-0.05, 0) is 49.9 Å². The van der Waals surface area contributed by atoms with Crippen molar-refractivity contribution >= 4 is 11.7 Å². The number of piperazine rings is 1. The van der Waals surface area contributed by atoms with Gasteiger partial charge >= 0.3 is 6.03 Å². The zero-order chi connectivity index (χ0) is 14.7. The molecule has 2 N–H and O–H groups in total. The number of quaternary nitrogens is 1. The highest BCUT2D eigenvalue weighted by Crippen LogP contribution is 2.15. The molecule has 114 valence electrons. The van der Waals surface area contributed by atoms with Gasteiger partial charge in [0, 0.05) is 5.69 Å². The van der Waals surface area contributed by atoms with Crippen LogP contribution in [0.3, 0.4) is 0 Å². The molecular weight excluding hydrogens is 269 g/mol. The summed E-state index contributed by atoms with van der Waals surface area (Å²) >= 11 is 0. The Kier molecular flexibility index (Phi) is 4.39. The molecule has 1 aliphatic carbocycles. The van der Waals surface area contributed by atoms with Crippen LogP contribution in [0.25, 0.3) is 0 Å². The number of carbonyl (C=O) groups is 1. The van der Waals surface area contributed by atoms with E-state index in [1.807, 2.05) is 4.90 Å². The predicted molar refractivity (Wildman–Crippen MR) is 79.9 cm³/mol. The quantitative estimate of drug-likeness (QED) is 0.851. The molecule has 0 atom stereocenters. The third kappa shape index (κ3) is 3.53. The SMILES string of the molecule is O=C(Nc1ccc(F)cc1)N1CC[NH+](C2CCCC2)CC1. The number of nitrogens with one attached hydrogen (secondary N) is 2. The van der Waals surface area contributed by atoms with Crippen LogP contribution in [-0.4, -0.2) is 43.2 Å². The Labute approximate surface area is 124 Å². The Bertz CT molecular complexity index is 477. The number of hydrogen-bond donors (Lipinski definition) is 2. The molecule has 0 aromatic heterocycles. The van der Waals surface area contributed by atoms with Gasteiger partial charge in [0.2, 0.25) is 0 Å². The van der Waals surface area contributed by atoms with E-state index in [1.54, 1.807) is 17.0 Å². The molecule has 1 aromatic carbocycles. The smallest absolute Gasteiger partial charge is 0.322 e. The van der Waals surface area contributed by atoms with E-state index in [0.717, 1.165) is 32.2 Å². The molecule has 0 spiro atoms. The molecule has 0 radical (unpaired) electrons. The molecule has 0 bridgehead atoms. The molecule has 1 saturated heterocycles. The lowest BCUT2D eigenvalue weighted by Gasteiger charge is -2.35. The van der Waals surface area contributed by atoms with Crippen LogP contribution in [-0.2, 0) is 0 Å². The van der Waals surface area contributed by atoms with E-state index in [2.05, 4.69) is 5.32 Å². The fourth-order valence-electron chi connectivity index (χ4n) is 3.48. The van der Waals surface area contributed by atoms with Gasteiger partial charge in [0.1, 0.15) is 5.82 Å². The van der Waals surface area contributed by atoms with Gasteiger partial charge in [-0.25, -0.2) is 9.18 Å². The van der Waals surface area contributed by atoms with Crippen LogP contribution in [0.1, 0.15) is 25.7 Å². The highest BCUT2D eigenvalue weighted by Gasteiger charge is 2.30. The molecule has 2 aliphatic rings. The van der Waals surface area contributed by atoms with E-state index in [4.69, 9.17) is 0 Å². The van der Waals surface area contributed by atoms with Gasteiger partial charge in [-0.15, -0.1) is 0 Å². The summed E-state index contributed by atoms with van der Waals surface area (Å²) in [7, 11) is 0. The molecule has 21 heavy (non-hydrogen) atoms. The summed E-state index contributed by atoms with van der Waals surface area (Å²) < 4.78 is 12.8. The lowest BCUT2D eigenvalue weighted by atomic mass is 10.2. The average Bonchev–Trinajstić information content (AvgIpc) is 3.04. The largest absolute Gasteiger partial charge is 0.330 e. The van der Waals surface area contributed by atoms with Crippen molar-refractivity contribution in [3.63, 3.8) is 0 Å². The van der Waals surface area contributed by atoms with Crippen molar-refractivity contribution in [3.05, 3.63) is 30.1 Å². The van der Waals surface area contributed by atoms with Crippen LogP contribution < -0.4 is 10.2 Å².